The van der Waals surface area contributed by atoms with Gasteiger partial charge in [-0.05, 0) is 13.8 Å². The summed E-state index contributed by atoms with van der Waals surface area (Å²) in [5.41, 5.74) is -0.637. The molecule has 0 aliphatic heterocycles. The third-order valence-corrected chi connectivity index (χ3v) is 1.96. The molecule has 0 bridgehead atoms. The largest absolute Gasteiger partial charge is 0.373 e. The van der Waals surface area contributed by atoms with Crippen molar-refractivity contribution < 1.29 is 4.79 Å². The van der Waals surface area contributed by atoms with Gasteiger partial charge in [0, 0.05) is 12.0 Å². The Balaban J connectivity index is 3.12. The zero-order valence-electron chi connectivity index (χ0n) is 9.89. The van der Waals surface area contributed by atoms with Crippen LogP contribution >= 0.6 is 0 Å². The van der Waals surface area contributed by atoms with Crippen molar-refractivity contribution in [1.82, 2.24) is 19.8 Å². The summed E-state index contributed by atoms with van der Waals surface area (Å²) in [6, 6.07) is -0.629. The number of aromatic nitrogens is 3. The maximum absolute atomic E-state index is 11.6. The average Bonchev–Trinajstić information content (AvgIpc) is 2.43. The van der Waals surface area contributed by atoms with Crippen molar-refractivity contribution in [3.05, 3.63) is 16.3 Å². The molecular formula is C9H17N5O2. The smallest absolute Gasteiger partial charge is 0.334 e. The first-order chi connectivity index (χ1) is 7.34. The van der Waals surface area contributed by atoms with Crippen LogP contribution in [-0.4, -0.2) is 26.5 Å². The lowest BCUT2D eigenvalue weighted by atomic mass is 10.2. The Hall–Kier alpha value is -1.79. The van der Waals surface area contributed by atoms with Crippen LogP contribution in [0.25, 0.3) is 0 Å². The molecule has 0 saturated heterocycles. The fraction of sp³-hybridized carbons (Fsp3) is 0.667. The van der Waals surface area contributed by atoms with E-state index in [9.17, 15) is 9.59 Å². The molecule has 0 fully saturated rings. The number of hydrogen-bond acceptors (Lipinski definition) is 4. The maximum atomic E-state index is 11.6. The first kappa shape index (κ1) is 12.3. The second-order valence-corrected chi connectivity index (χ2v) is 4.18. The van der Waals surface area contributed by atoms with E-state index in [2.05, 4.69) is 10.4 Å². The number of nitrogen functional groups attached to an aromatic ring is 1. The number of carbonyl (C=O) groups excluding carboxylic acids is 1. The molecule has 3 N–H and O–H groups in total. The highest BCUT2D eigenvalue weighted by Gasteiger charge is 2.18. The van der Waals surface area contributed by atoms with Gasteiger partial charge in [0.1, 0.15) is 0 Å². The van der Waals surface area contributed by atoms with E-state index >= 15 is 0 Å². The van der Waals surface area contributed by atoms with Gasteiger partial charge in [-0.25, -0.2) is 9.59 Å². The van der Waals surface area contributed by atoms with Crippen LogP contribution in [0.2, 0.25) is 0 Å². The highest BCUT2D eigenvalue weighted by Crippen LogP contribution is 2.06. The molecule has 0 unspecified atom stereocenters. The predicted molar refractivity (Wildman–Crippen MR) is 59.8 cm³/mol. The molecule has 1 aromatic rings. The van der Waals surface area contributed by atoms with Gasteiger partial charge in [0.05, 0.1) is 0 Å². The Labute approximate surface area is 93.2 Å². The van der Waals surface area contributed by atoms with Crippen molar-refractivity contribution >= 4 is 6.03 Å². The molecule has 1 heterocycles. The number of nitrogens with zero attached hydrogens (tertiary/aromatic N) is 3. The van der Waals surface area contributed by atoms with Crippen molar-refractivity contribution in [3.8, 4) is 0 Å². The molecule has 0 spiro atoms. The summed E-state index contributed by atoms with van der Waals surface area (Å²) >= 11 is 0. The summed E-state index contributed by atoms with van der Waals surface area (Å²) in [5, 5.41) is 6.46. The van der Waals surface area contributed by atoms with Gasteiger partial charge in [-0.3, -0.25) is 0 Å². The summed E-state index contributed by atoms with van der Waals surface area (Å²) in [7, 11) is 0. The van der Waals surface area contributed by atoms with E-state index in [4.69, 9.17) is 5.84 Å². The molecule has 1 rings (SSSR count). The van der Waals surface area contributed by atoms with Gasteiger partial charge in [-0.2, -0.15) is 4.68 Å². The minimum atomic E-state index is -0.637. The van der Waals surface area contributed by atoms with E-state index in [0.29, 0.717) is 5.82 Å². The van der Waals surface area contributed by atoms with E-state index in [1.807, 2.05) is 13.8 Å². The summed E-state index contributed by atoms with van der Waals surface area (Å²) < 4.78 is 1.64. The SMILES string of the molecule is CC(C)NC(=O)n1nc(C(C)C)n(N)c1=O. The molecule has 0 aliphatic rings. The number of nitrogens with two attached hydrogens (primary N) is 1. The molecule has 0 aliphatic carbocycles. The number of hydrogen-bond donors (Lipinski definition) is 2. The number of carbonyl (C=O) groups is 1. The second kappa shape index (κ2) is 4.38. The van der Waals surface area contributed by atoms with Crippen LogP contribution in [0.5, 0.6) is 0 Å². The third kappa shape index (κ3) is 2.23. The third-order valence-electron chi connectivity index (χ3n) is 1.96. The Bertz CT molecular complexity index is 443. The normalized spacial score (nSPS) is 11.1. The van der Waals surface area contributed by atoms with Gasteiger partial charge in [-0.15, -0.1) is 9.78 Å². The quantitative estimate of drug-likeness (QED) is 0.687. The van der Waals surface area contributed by atoms with E-state index in [1.54, 1.807) is 13.8 Å². The van der Waals surface area contributed by atoms with Gasteiger partial charge in [0.25, 0.3) is 0 Å². The van der Waals surface area contributed by atoms with Crippen LogP contribution < -0.4 is 16.8 Å². The molecule has 1 amide bonds. The van der Waals surface area contributed by atoms with Gasteiger partial charge < -0.3 is 11.2 Å². The van der Waals surface area contributed by atoms with E-state index in [0.717, 1.165) is 9.36 Å². The standard InChI is InChI=1S/C9H17N5O2/c1-5(2)7-12-14(9(16)13(7)10)8(15)11-6(3)4/h5-6H,10H2,1-4H3,(H,11,15). The Morgan fingerprint density at radius 3 is 2.31 bits per heavy atom. The van der Waals surface area contributed by atoms with Crippen molar-refractivity contribution in [2.24, 2.45) is 0 Å². The fourth-order valence-corrected chi connectivity index (χ4v) is 1.23. The first-order valence-electron chi connectivity index (χ1n) is 5.12. The lowest BCUT2D eigenvalue weighted by Gasteiger charge is -2.05. The van der Waals surface area contributed by atoms with Crippen molar-refractivity contribution in [2.75, 3.05) is 5.84 Å². The van der Waals surface area contributed by atoms with Crippen LogP contribution in [0.4, 0.5) is 4.79 Å². The molecule has 90 valence electrons. The lowest BCUT2D eigenvalue weighted by molar-refractivity contribution is 0.236. The Morgan fingerprint density at radius 1 is 1.38 bits per heavy atom. The molecule has 7 heteroatoms. The zero-order chi connectivity index (χ0) is 12.5. The number of amides is 1. The van der Waals surface area contributed by atoms with Crippen LogP contribution in [0, 0.1) is 0 Å². The Morgan fingerprint density at radius 2 is 1.94 bits per heavy atom. The Kier molecular flexibility index (Phi) is 3.36. The number of rotatable bonds is 2. The molecule has 0 saturated carbocycles. The first-order valence-corrected chi connectivity index (χ1v) is 5.12. The topological polar surface area (TPSA) is 94.9 Å². The van der Waals surface area contributed by atoms with Gasteiger partial charge in [-0.1, -0.05) is 13.8 Å². The van der Waals surface area contributed by atoms with Crippen LogP contribution in [0.3, 0.4) is 0 Å². The highest BCUT2D eigenvalue weighted by atomic mass is 16.2. The van der Waals surface area contributed by atoms with Gasteiger partial charge >= 0.3 is 11.7 Å². The van der Waals surface area contributed by atoms with Gasteiger partial charge in [0.15, 0.2) is 5.82 Å². The van der Waals surface area contributed by atoms with E-state index in [1.165, 1.54) is 0 Å². The lowest BCUT2D eigenvalue weighted by Crippen LogP contribution is -2.41. The van der Waals surface area contributed by atoms with E-state index < -0.39 is 11.7 Å². The average molecular weight is 227 g/mol. The predicted octanol–water partition coefficient (Wildman–Crippen LogP) is -0.152. The number of nitrogens with one attached hydrogen (secondary N) is 1. The molecule has 7 nitrogen and oxygen atoms in total. The van der Waals surface area contributed by atoms with Crippen LogP contribution in [0.15, 0.2) is 4.79 Å². The maximum Gasteiger partial charge on any atom is 0.373 e. The monoisotopic (exact) mass is 227 g/mol. The molecule has 16 heavy (non-hydrogen) atoms. The van der Waals surface area contributed by atoms with Crippen molar-refractivity contribution in [1.29, 1.82) is 0 Å². The minimum absolute atomic E-state index is 0.0224. The molecule has 0 aromatic carbocycles. The molecule has 1 aromatic heterocycles. The van der Waals surface area contributed by atoms with Crippen LogP contribution in [0.1, 0.15) is 39.4 Å². The second-order valence-electron chi connectivity index (χ2n) is 4.18. The molecule has 0 radical (unpaired) electrons. The summed E-state index contributed by atoms with van der Waals surface area (Å²) in [4.78, 5) is 23.2. The van der Waals surface area contributed by atoms with Gasteiger partial charge in [0.2, 0.25) is 0 Å². The van der Waals surface area contributed by atoms with Crippen molar-refractivity contribution in [3.63, 3.8) is 0 Å². The minimum Gasteiger partial charge on any atom is -0.334 e. The molecular weight excluding hydrogens is 210 g/mol. The highest BCUT2D eigenvalue weighted by molar-refractivity contribution is 5.75. The molecule has 0 atom stereocenters. The van der Waals surface area contributed by atoms with E-state index in [-0.39, 0.29) is 12.0 Å². The summed E-state index contributed by atoms with van der Waals surface area (Å²) in [6.45, 7) is 7.28. The summed E-state index contributed by atoms with van der Waals surface area (Å²) in [5.74, 6) is 5.87. The summed E-state index contributed by atoms with van der Waals surface area (Å²) in [6.07, 6.45) is 0. The van der Waals surface area contributed by atoms with Crippen molar-refractivity contribution in [2.45, 2.75) is 39.7 Å². The fourth-order valence-electron chi connectivity index (χ4n) is 1.23. The van der Waals surface area contributed by atoms with Crippen LogP contribution in [-0.2, 0) is 0 Å². The zero-order valence-corrected chi connectivity index (χ0v) is 9.89.